The van der Waals surface area contributed by atoms with Crippen LogP contribution in [0.2, 0.25) is 0 Å². The Morgan fingerprint density at radius 2 is 1.85 bits per heavy atom. The third kappa shape index (κ3) is 5.04. The first-order chi connectivity index (χ1) is 15.7. The molecule has 33 heavy (non-hydrogen) atoms. The highest BCUT2D eigenvalue weighted by Crippen LogP contribution is 2.37. The Morgan fingerprint density at radius 3 is 2.58 bits per heavy atom. The number of carbonyl (C=O) groups excluding carboxylic acids is 2. The molecule has 2 amide bonds. The Labute approximate surface area is 199 Å². The fourth-order valence-electron chi connectivity index (χ4n) is 4.15. The van der Waals surface area contributed by atoms with Crippen LogP contribution in [0.3, 0.4) is 0 Å². The molecule has 176 valence electrons. The van der Waals surface area contributed by atoms with E-state index in [0.29, 0.717) is 18.8 Å². The van der Waals surface area contributed by atoms with Crippen molar-refractivity contribution >= 4 is 44.8 Å². The lowest BCUT2D eigenvalue weighted by Crippen LogP contribution is -2.49. The number of thioether (sulfide) groups is 1. The highest BCUT2D eigenvalue weighted by Gasteiger charge is 2.27. The predicted molar refractivity (Wildman–Crippen MR) is 132 cm³/mol. The van der Waals surface area contributed by atoms with Gasteiger partial charge in [-0.25, -0.2) is 8.42 Å². The first kappa shape index (κ1) is 23.6. The van der Waals surface area contributed by atoms with Crippen LogP contribution >= 0.6 is 11.8 Å². The quantitative estimate of drug-likeness (QED) is 0.697. The van der Waals surface area contributed by atoms with Crippen LogP contribution in [0.1, 0.15) is 24.5 Å². The van der Waals surface area contributed by atoms with Crippen molar-refractivity contribution in [3.8, 4) is 0 Å². The third-order valence-corrected chi connectivity index (χ3v) is 9.27. The van der Waals surface area contributed by atoms with E-state index in [0.717, 1.165) is 18.0 Å². The van der Waals surface area contributed by atoms with Crippen LogP contribution in [-0.4, -0.2) is 62.3 Å². The fourth-order valence-corrected chi connectivity index (χ4v) is 6.34. The average molecular weight is 488 g/mol. The lowest BCUT2D eigenvalue weighted by molar-refractivity contribution is -0.131. The van der Waals surface area contributed by atoms with Crippen molar-refractivity contribution in [2.45, 2.75) is 42.2 Å². The number of fused-ring (bicyclic) bond motifs is 1. The van der Waals surface area contributed by atoms with Gasteiger partial charge in [-0.05, 0) is 56.2 Å². The number of hydrogen-bond donors (Lipinski definition) is 1. The molecule has 9 heteroatoms. The van der Waals surface area contributed by atoms with Gasteiger partial charge < -0.3 is 15.1 Å². The number of amides is 2. The molecule has 0 spiro atoms. The normalized spacial score (nSPS) is 18.6. The van der Waals surface area contributed by atoms with E-state index in [-0.39, 0.29) is 34.1 Å². The van der Waals surface area contributed by atoms with E-state index in [1.165, 1.54) is 34.6 Å². The summed E-state index contributed by atoms with van der Waals surface area (Å²) in [7, 11) is -3.64. The van der Waals surface area contributed by atoms with Crippen LogP contribution in [0.5, 0.6) is 0 Å². The smallest absolute Gasteiger partial charge is 0.237 e. The van der Waals surface area contributed by atoms with E-state index in [9.17, 15) is 18.0 Å². The van der Waals surface area contributed by atoms with Gasteiger partial charge in [-0.15, -0.1) is 11.8 Å². The van der Waals surface area contributed by atoms with Crippen molar-refractivity contribution in [2.24, 2.45) is 0 Å². The van der Waals surface area contributed by atoms with Crippen LogP contribution in [0.25, 0.3) is 0 Å². The third-order valence-electron chi connectivity index (χ3n) is 6.37. The Hall–Kier alpha value is -2.52. The molecule has 7 nitrogen and oxygen atoms in total. The van der Waals surface area contributed by atoms with Crippen molar-refractivity contribution in [3.63, 3.8) is 0 Å². The van der Waals surface area contributed by atoms with E-state index in [1.54, 1.807) is 24.0 Å². The standard InChI is InChI=1S/C24H29N3O4S2/c1-16-5-4-6-21(17(16)2)26-10-12-27(13-11-26)23(28)9-14-33(30,31)19-7-8-22-20(15-19)25-24(29)18(3)32-22/h4-8,15,18H,9-14H2,1-3H3,(H,25,29)/t18-/m0/s1. The Bertz CT molecular complexity index is 1190. The molecular formula is C24H29N3O4S2. The number of anilines is 2. The summed E-state index contributed by atoms with van der Waals surface area (Å²) in [6.07, 6.45) is -0.0545. The van der Waals surface area contributed by atoms with Crippen molar-refractivity contribution < 1.29 is 18.0 Å². The highest BCUT2D eigenvalue weighted by atomic mass is 32.2. The Kier molecular flexibility index (Phi) is 6.72. The molecule has 2 aromatic carbocycles. The van der Waals surface area contributed by atoms with Gasteiger partial charge in [0.2, 0.25) is 11.8 Å². The second-order valence-corrected chi connectivity index (χ2v) is 12.1. The molecular weight excluding hydrogens is 458 g/mol. The van der Waals surface area contributed by atoms with Crippen LogP contribution < -0.4 is 10.2 Å². The van der Waals surface area contributed by atoms with Crippen molar-refractivity contribution in [1.82, 2.24) is 4.90 Å². The number of aryl methyl sites for hydroxylation is 1. The number of benzene rings is 2. The molecule has 0 bridgehead atoms. The maximum Gasteiger partial charge on any atom is 0.237 e. The molecule has 1 atom stereocenters. The molecule has 2 aliphatic rings. The lowest BCUT2D eigenvalue weighted by atomic mass is 10.1. The maximum atomic E-state index is 12.9. The summed E-state index contributed by atoms with van der Waals surface area (Å²) in [6, 6.07) is 11.0. The lowest BCUT2D eigenvalue weighted by Gasteiger charge is -2.37. The first-order valence-electron chi connectivity index (χ1n) is 11.1. The van der Waals surface area contributed by atoms with Gasteiger partial charge in [0.05, 0.1) is 21.6 Å². The van der Waals surface area contributed by atoms with Gasteiger partial charge in [0.1, 0.15) is 0 Å². The summed E-state index contributed by atoms with van der Waals surface area (Å²) in [5, 5.41) is 2.54. The van der Waals surface area contributed by atoms with E-state index in [2.05, 4.69) is 36.2 Å². The number of piperazine rings is 1. The van der Waals surface area contributed by atoms with Crippen LogP contribution in [0, 0.1) is 13.8 Å². The van der Waals surface area contributed by atoms with Crippen LogP contribution in [0.15, 0.2) is 46.2 Å². The monoisotopic (exact) mass is 487 g/mol. The molecule has 2 aromatic rings. The molecule has 4 rings (SSSR count). The number of rotatable bonds is 5. The Morgan fingerprint density at radius 1 is 1.12 bits per heavy atom. The summed E-state index contributed by atoms with van der Waals surface area (Å²) in [5.41, 5.74) is 4.19. The SMILES string of the molecule is Cc1cccc(N2CCN(C(=O)CCS(=O)(=O)c3ccc4c(c3)NC(=O)[C@H](C)S4)CC2)c1C. The van der Waals surface area contributed by atoms with Crippen LogP contribution in [0.4, 0.5) is 11.4 Å². The molecule has 2 aliphatic heterocycles. The zero-order valence-corrected chi connectivity index (χ0v) is 20.8. The molecule has 1 saturated heterocycles. The summed E-state index contributed by atoms with van der Waals surface area (Å²) in [6.45, 7) is 8.61. The van der Waals surface area contributed by atoms with Gasteiger partial charge >= 0.3 is 0 Å². The molecule has 1 fully saturated rings. The molecule has 0 saturated carbocycles. The second kappa shape index (κ2) is 9.38. The van der Waals surface area contributed by atoms with E-state index in [1.807, 2.05) is 6.07 Å². The van der Waals surface area contributed by atoms with E-state index in [4.69, 9.17) is 0 Å². The fraction of sp³-hybridized carbons (Fsp3) is 0.417. The average Bonchev–Trinajstić information content (AvgIpc) is 2.80. The van der Waals surface area contributed by atoms with Gasteiger partial charge in [0, 0.05) is 43.2 Å². The maximum absolute atomic E-state index is 12.9. The van der Waals surface area contributed by atoms with Crippen molar-refractivity contribution in [1.29, 1.82) is 0 Å². The summed E-state index contributed by atoms with van der Waals surface area (Å²) in [4.78, 5) is 29.7. The zero-order valence-electron chi connectivity index (χ0n) is 19.1. The number of sulfone groups is 1. The highest BCUT2D eigenvalue weighted by molar-refractivity contribution is 8.01. The minimum Gasteiger partial charge on any atom is -0.368 e. The number of hydrogen-bond acceptors (Lipinski definition) is 6. The summed E-state index contributed by atoms with van der Waals surface area (Å²) in [5.74, 6) is -0.536. The van der Waals surface area contributed by atoms with Gasteiger partial charge in [0.25, 0.3) is 0 Å². The summed E-state index contributed by atoms with van der Waals surface area (Å²) >= 11 is 1.40. The first-order valence-corrected chi connectivity index (χ1v) is 13.6. The van der Waals surface area contributed by atoms with Crippen molar-refractivity contribution in [2.75, 3.05) is 42.1 Å². The van der Waals surface area contributed by atoms with Gasteiger partial charge in [-0.3, -0.25) is 9.59 Å². The number of carbonyl (C=O) groups is 2. The zero-order chi connectivity index (χ0) is 23.8. The summed E-state index contributed by atoms with van der Waals surface area (Å²) < 4.78 is 25.7. The van der Waals surface area contributed by atoms with Gasteiger partial charge in [-0.1, -0.05) is 12.1 Å². The minimum absolute atomic E-state index is 0.0545. The van der Waals surface area contributed by atoms with Gasteiger partial charge in [-0.2, -0.15) is 0 Å². The molecule has 0 unspecified atom stereocenters. The van der Waals surface area contributed by atoms with Crippen LogP contribution in [-0.2, 0) is 19.4 Å². The van der Waals surface area contributed by atoms with E-state index < -0.39 is 9.84 Å². The second-order valence-electron chi connectivity index (χ2n) is 8.56. The molecule has 0 aromatic heterocycles. The molecule has 0 radical (unpaired) electrons. The Balaban J connectivity index is 1.35. The predicted octanol–water partition coefficient (Wildman–Crippen LogP) is 3.25. The van der Waals surface area contributed by atoms with Crippen molar-refractivity contribution in [3.05, 3.63) is 47.5 Å². The van der Waals surface area contributed by atoms with E-state index >= 15 is 0 Å². The number of nitrogens with one attached hydrogen (secondary N) is 1. The topological polar surface area (TPSA) is 86.8 Å². The number of nitrogens with zero attached hydrogens (tertiary/aromatic N) is 2. The molecule has 2 heterocycles. The molecule has 0 aliphatic carbocycles. The largest absolute Gasteiger partial charge is 0.368 e. The molecule has 1 N–H and O–H groups in total. The van der Waals surface area contributed by atoms with Gasteiger partial charge in [0.15, 0.2) is 9.84 Å². The minimum atomic E-state index is -3.64.